The van der Waals surface area contributed by atoms with E-state index in [-0.39, 0.29) is 0 Å². The molecule has 0 bridgehead atoms. The highest BCUT2D eigenvalue weighted by molar-refractivity contribution is 14.1. The second kappa shape index (κ2) is 10.1. The van der Waals surface area contributed by atoms with Gasteiger partial charge in [-0.1, -0.05) is 69.0 Å². The Balaban J connectivity index is 4.16. The topological polar surface area (TPSA) is 9.23 Å². The summed E-state index contributed by atoms with van der Waals surface area (Å²) in [5, 5.41) is 0. The maximum absolute atomic E-state index is 6.26. The van der Waals surface area contributed by atoms with Crippen LogP contribution < -0.4 is 0 Å². The molecular formula is C12H27IOSi. The third kappa shape index (κ3) is 6.95. The molecule has 0 N–H and O–H groups in total. The van der Waals surface area contributed by atoms with Crippen molar-refractivity contribution in [2.75, 3.05) is 10.7 Å². The molecule has 0 aromatic carbocycles. The summed E-state index contributed by atoms with van der Waals surface area (Å²) in [5.41, 5.74) is 0. The summed E-state index contributed by atoms with van der Waals surface area (Å²) in [6, 6.07) is 2.76. The third-order valence-electron chi connectivity index (χ3n) is 2.83. The number of unbranched alkanes of at least 4 members (excludes halogenated alkanes) is 2. The van der Waals surface area contributed by atoms with E-state index in [1.54, 1.807) is 0 Å². The summed E-state index contributed by atoms with van der Waals surface area (Å²) >= 11 is 2.56. The molecule has 0 fully saturated rings. The van der Waals surface area contributed by atoms with Crippen molar-refractivity contribution < 1.29 is 4.43 Å². The van der Waals surface area contributed by atoms with Gasteiger partial charge in [-0.25, -0.2) is 0 Å². The van der Waals surface area contributed by atoms with Gasteiger partial charge >= 0.3 is 0 Å². The van der Waals surface area contributed by atoms with Crippen LogP contribution in [0.2, 0.25) is 12.1 Å². The summed E-state index contributed by atoms with van der Waals surface area (Å²) in [6.07, 6.45) is 6.52. The average molecular weight is 342 g/mol. The van der Waals surface area contributed by atoms with E-state index in [0.717, 1.165) is 6.61 Å². The van der Waals surface area contributed by atoms with Gasteiger partial charge in [0.15, 0.2) is 0 Å². The second-order valence-corrected chi connectivity index (χ2v) is 10.6. The zero-order valence-corrected chi connectivity index (χ0v) is 13.8. The lowest BCUT2D eigenvalue weighted by Crippen LogP contribution is -2.41. The van der Waals surface area contributed by atoms with E-state index in [2.05, 4.69) is 43.4 Å². The van der Waals surface area contributed by atoms with Crippen LogP contribution in [0, 0.1) is 0 Å². The van der Waals surface area contributed by atoms with Crippen molar-refractivity contribution in [3.05, 3.63) is 0 Å². The number of rotatable bonds is 10. The van der Waals surface area contributed by atoms with E-state index in [1.807, 2.05) is 0 Å². The first-order valence-electron chi connectivity index (χ1n) is 6.44. The average Bonchev–Trinajstić information content (AvgIpc) is 2.29. The number of hydrogen-bond donors (Lipinski definition) is 0. The minimum absolute atomic E-state index is 0.989. The highest BCUT2D eigenvalue weighted by Crippen LogP contribution is 2.25. The molecule has 0 amide bonds. The second-order valence-electron chi connectivity index (χ2n) is 4.37. The van der Waals surface area contributed by atoms with Crippen LogP contribution in [-0.4, -0.2) is 19.0 Å². The van der Waals surface area contributed by atoms with Gasteiger partial charge in [-0.15, -0.1) is 0 Å². The van der Waals surface area contributed by atoms with Crippen molar-refractivity contribution in [1.29, 1.82) is 0 Å². The molecular weight excluding hydrogens is 315 g/mol. The lowest BCUT2D eigenvalue weighted by atomic mass is 10.4. The molecule has 0 heterocycles. The molecule has 0 aromatic heterocycles. The Morgan fingerprint density at radius 3 is 1.80 bits per heavy atom. The molecule has 92 valence electrons. The fourth-order valence-corrected chi connectivity index (χ4v) is 8.22. The van der Waals surface area contributed by atoms with E-state index in [4.69, 9.17) is 4.43 Å². The highest BCUT2D eigenvalue weighted by atomic mass is 127. The number of halogens is 1. The van der Waals surface area contributed by atoms with Crippen molar-refractivity contribution in [2.24, 2.45) is 0 Å². The van der Waals surface area contributed by atoms with Crippen molar-refractivity contribution in [1.82, 2.24) is 0 Å². The maximum atomic E-state index is 6.26. The SMILES string of the molecule is CCCC[Si](CI)(CCCC)OCCC. The third-order valence-corrected chi connectivity index (χ3v) is 10.8. The molecule has 0 aromatic rings. The Labute approximate surface area is 111 Å². The molecule has 0 unspecified atom stereocenters. The van der Waals surface area contributed by atoms with Crippen molar-refractivity contribution in [2.45, 2.75) is 65.0 Å². The maximum Gasteiger partial charge on any atom is 0.202 e. The summed E-state index contributed by atoms with van der Waals surface area (Å²) in [4.78, 5) is 0. The largest absolute Gasteiger partial charge is 0.416 e. The van der Waals surface area contributed by atoms with Gasteiger partial charge in [-0.3, -0.25) is 0 Å². The summed E-state index contributed by atoms with van der Waals surface area (Å²) in [7, 11) is -1.35. The van der Waals surface area contributed by atoms with Gasteiger partial charge in [-0.2, -0.15) is 0 Å². The van der Waals surface area contributed by atoms with Gasteiger partial charge in [0.1, 0.15) is 0 Å². The lowest BCUT2D eigenvalue weighted by molar-refractivity contribution is 0.299. The molecule has 0 aliphatic rings. The van der Waals surface area contributed by atoms with Crippen LogP contribution in [0.1, 0.15) is 52.9 Å². The highest BCUT2D eigenvalue weighted by Gasteiger charge is 2.32. The lowest BCUT2D eigenvalue weighted by Gasteiger charge is -2.29. The van der Waals surface area contributed by atoms with Crippen molar-refractivity contribution in [3.8, 4) is 0 Å². The molecule has 0 atom stereocenters. The van der Waals surface area contributed by atoms with E-state index in [1.165, 1.54) is 48.2 Å². The normalized spacial score (nSPS) is 12.0. The molecule has 0 aliphatic heterocycles. The van der Waals surface area contributed by atoms with E-state index < -0.39 is 8.32 Å². The predicted molar refractivity (Wildman–Crippen MR) is 80.3 cm³/mol. The Hall–Kier alpha value is 0.907. The number of alkyl halides is 1. The van der Waals surface area contributed by atoms with Crippen LogP contribution in [0.4, 0.5) is 0 Å². The van der Waals surface area contributed by atoms with E-state index in [9.17, 15) is 0 Å². The first-order chi connectivity index (χ1) is 7.24. The molecule has 0 rings (SSSR count). The summed E-state index contributed by atoms with van der Waals surface area (Å²) < 4.78 is 7.55. The minimum atomic E-state index is -1.35. The monoisotopic (exact) mass is 342 g/mol. The quantitative estimate of drug-likeness (QED) is 0.311. The van der Waals surface area contributed by atoms with Gasteiger partial charge in [0.2, 0.25) is 8.32 Å². The minimum Gasteiger partial charge on any atom is -0.416 e. The molecule has 0 spiro atoms. The van der Waals surface area contributed by atoms with Gasteiger partial charge in [0.25, 0.3) is 0 Å². The Morgan fingerprint density at radius 2 is 1.47 bits per heavy atom. The molecule has 15 heavy (non-hydrogen) atoms. The zero-order valence-electron chi connectivity index (χ0n) is 10.7. The van der Waals surface area contributed by atoms with Gasteiger partial charge in [0, 0.05) is 10.7 Å². The van der Waals surface area contributed by atoms with Crippen LogP contribution in [-0.2, 0) is 4.43 Å². The smallest absolute Gasteiger partial charge is 0.202 e. The predicted octanol–water partition coefficient (Wildman–Crippen LogP) is 4.93. The Bertz CT molecular complexity index is 120. The Morgan fingerprint density at radius 1 is 0.933 bits per heavy atom. The van der Waals surface area contributed by atoms with E-state index >= 15 is 0 Å². The Kier molecular flexibility index (Phi) is 10.7. The first kappa shape index (κ1) is 15.9. The number of hydrogen-bond acceptors (Lipinski definition) is 1. The molecule has 0 radical (unpaired) electrons. The van der Waals surface area contributed by atoms with Gasteiger partial charge in [-0.05, 0) is 18.5 Å². The van der Waals surface area contributed by atoms with Crippen LogP contribution in [0.15, 0.2) is 0 Å². The van der Waals surface area contributed by atoms with Crippen LogP contribution in [0.5, 0.6) is 0 Å². The van der Waals surface area contributed by atoms with Crippen LogP contribution in [0.25, 0.3) is 0 Å². The fraction of sp³-hybridized carbons (Fsp3) is 1.00. The summed E-state index contributed by atoms with van der Waals surface area (Å²) in [5.74, 6) is 0. The molecule has 3 heteroatoms. The fourth-order valence-electron chi connectivity index (χ4n) is 1.76. The summed E-state index contributed by atoms with van der Waals surface area (Å²) in [6.45, 7) is 7.77. The van der Waals surface area contributed by atoms with Crippen molar-refractivity contribution in [3.63, 3.8) is 0 Å². The van der Waals surface area contributed by atoms with Crippen molar-refractivity contribution >= 4 is 30.9 Å². The molecule has 0 saturated carbocycles. The van der Waals surface area contributed by atoms with Crippen LogP contribution >= 0.6 is 22.6 Å². The van der Waals surface area contributed by atoms with Gasteiger partial charge in [0.05, 0.1) is 0 Å². The van der Waals surface area contributed by atoms with Crippen LogP contribution in [0.3, 0.4) is 0 Å². The molecule has 0 aliphatic carbocycles. The van der Waals surface area contributed by atoms with Gasteiger partial charge < -0.3 is 4.43 Å². The molecule has 0 saturated heterocycles. The first-order valence-corrected chi connectivity index (χ1v) is 10.5. The van der Waals surface area contributed by atoms with E-state index in [0.29, 0.717) is 0 Å². The zero-order chi connectivity index (χ0) is 11.6. The standard InChI is InChI=1S/C12H27IOSi/c1-4-7-10-15(12-13,11-8-5-2)14-9-6-3/h4-12H2,1-3H3. The molecule has 1 nitrogen and oxygen atoms in total.